The standard InChI is InChI=1S/C72H111FN12O14Si/c1-67(2,3)96-59(88)45-81-32-34-82(46-60(89)97-68(4,5)6)36-38-84(39-37-83(35-33-81)47-61(90)98-69(7,8)9)56(66(94)99-70(10,11)12)28-29-57(86)80-55(43-76-63(91)49-22-25-52(26-23-49)100(73,71(13,14)15)72(16,17)18)64(92)75-30-20-40-95-51-24-27-54-53(41-51)62(79-48-78-54)65(93)77-44-58(87)85-31-19-21-50(85)42-74/h22-27,41,48,50,55-56H,19-21,28-40,43-47H2,1-18H3,(H,75,92)(H,76,91)(H,77,93)(H,80,86)/t50-,55+,56+/m0/s1. The first-order valence-electron chi connectivity index (χ1n) is 34.6. The van der Waals surface area contributed by atoms with Crippen molar-refractivity contribution in [3.8, 4) is 11.8 Å². The van der Waals surface area contributed by atoms with Crippen molar-refractivity contribution in [2.75, 3.05) is 105 Å². The quantitative estimate of drug-likeness (QED) is 0.0244. The number of carbonyl (C=O) groups excluding carboxylic acids is 9. The molecule has 2 aliphatic rings. The Morgan fingerprint density at radius 2 is 1.14 bits per heavy atom. The van der Waals surface area contributed by atoms with E-state index >= 15 is 4.11 Å². The SMILES string of the molecule is CC(C)(C)OC(=O)CN1CCN(CC(=O)OC(C)(C)C)CCN([C@H](CCC(=O)N[C@H](CNC(=O)c2ccc([Si](F)(C(C)(C)C)C(C)(C)C)cc2)C(=O)NCCCOc2ccc3ncnc(C(=O)NCC(=O)N4CCC[C@H]4C#N)c3c2)C(=O)OC(C)(C)C)CCN(CC(=O)OC(C)(C)C)CC1. The lowest BCUT2D eigenvalue weighted by atomic mass is 10.1. The molecule has 554 valence electrons. The van der Waals surface area contributed by atoms with Crippen molar-refractivity contribution in [3.05, 3.63) is 60.0 Å². The Balaban J connectivity index is 1.40. The van der Waals surface area contributed by atoms with Crippen LogP contribution in [0.25, 0.3) is 10.9 Å². The number of likely N-dealkylation sites (tertiary alicyclic amines) is 1. The van der Waals surface area contributed by atoms with Crippen molar-refractivity contribution in [2.24, 2.45) is 0 Å². The molecule has 0 bridgehead atoms. The lowest BCUT2D eigenvalue weighted by molar-refractivity contribution is -0.163. The van der Waals surface area contributed by atoms with E-state index in [2.05, 4.69) is 37.3 Å². The zero-order chi connectivity index (χ0) is 74.8. The summed E-state index contributed by atoms with van der Waals surface area (Å²) in [5.74, 6) is -4.65. The minimum Gasteiger partial charge on any atom is -0.494 e. The highest BCUT2D eigenvalue weighted by Crippen LogP contribution is 2.51. The number of esters is 4. The fourth-order valence-electron chi connectivity index (χ4n) is 12.2. The molecule has 3 heterocycles. The molecule has 100 heavy (non-hydrogen) atoms. The third kappa shape index (κ3) is 26.7. The first-order valence-corrected chi connectivity index (χ1v) is 36.5. The molecule has 5 rings (SSSR count). The number of hydrogen-bond donors (Lipinski definition) is 4. The van der Waals surface area contributed by atoms with Crippen LogP contribution in [0.5, 0.6) is 5.75 Å². The van der Waals surface area contributed by atoms with Crippen LogP contribution in [0.1, 0.15) is 178 Å². The number of nitriles is 1. The summed E-state index contributed by atoms with van der Waals surface area (Å²) >= 11 is 0. The molecule has 3 aromatic rings. The number of nitrogens with one attached hydrogen (secondary N) is 4. The first kappa shape index (κ1) is 83.0. The summed E-state index contributed by atoms with van der Waals surface area (Å²) in [6.07, 6.45) is 2.28. The molecule has 1 aromatic heterocycles. The van der Waals surface area contributed by atoms with Gasteiger partial charge in [-0.25, -0.2) is 9.97 Å². The summed E-state index contributed by atoms with van der Waals surface area (Å²) in [4.78, 5) is 142. The molecule has 0 saturated carbocycles. The van der Waals surface area contributed by atoms with Crippen LogP contribution < -0.4 is 31.2 Å². The van der Waals surface area contributed by atoms with Crippen molar-refractivity contribution in [1.29, 1.82) is 5.26 Å². The molecule has 0 unspecified atom stereocenters. The number of fused-ring (bicyclic) bond motifs is 1. The van der Waals surface area contributed by atoms with Crippen LogP contribution in [0.4, 0.5) is 4.11 Å². The number of amides is 5. The van der Waals surface area contributed by atoms with Gasteiger partial charge >= 0.3 is 23.9 Å². The molecule has 2 fully saturated rings. The number of aromatic nitrogens is 2. The fraction of sp³-hybridized carbons (Fsp3) is 0.667. The highest BCUT2D eigenvalue weighted by molar-refractivity contribution is 6.90. The minimum atomic E-state index is -3.69. The van der Waals surface area contributed by atoms with Gasteiger partial charge in [0.05, 0.1) is 44.4 Å². The summed E-state index contributed by atoms with van der Waals surface area (Å²) < 4.78 is 46.7. The van der Waals surface area contributed by atoms with E-state index in [1.165, 1.54) is 11.2 Å². The number of rotatable bonds is 25. The number of ether oxygens (including phenoxy) is 5. The van der Waals surface area contributed by atoms with E-state index in [-0.39, 0.29) is 122 Å². The highest BCUT2D eigenvalue weighted by Gasteiger charge is 2.56. The Kier molecular flexibility index (Phi) is 29.7. The van der Waals surface area contributed by atoms with Crippen LogP contribution in [0.3, 0.4) is 0 Å². The highest BCUT2D eigenvalue weighted by atomic mass is 28.4. The van der Waals surface area contributed by atoms with E-state index in [0.717, 1.165) is 0 Å². The van der Waals surface area contributed by atoms with E-state index in [0.29, 0.717) is 54.3 Å². The van der Waals surface area contributed by atoms with Gasteiger partial charge in [-0.1, -0.05) is 53.7 Å². The molecule has 0 spiro atoms. The van der Waals surface area contributed by atoms with Gasteiger partial charge in [-0.15, -0.1) is 0 Å². The monoisotopic (exact) mass is 1410 g/mol. The molecular weight excluding hydrogens is 1300 g/mol. The molecule has 28 heteroatoms. The molecule has 2 saturated heterocycles. The maximum Gasteiger partial charge on any atom is 0.323 e. The molecule has 0 aliphatic carbocycles. The van der Waals surface area contributed by atoms with Gasteiger partial charge in [0.15, 0.2) is 0 Å². The van der Waals surface area contributed by atoms with Crippen LogP contribution in [-0.2, 0) is 52.5 Å². The van der Waals surface area contributed by atoms with Crippen molar-refractivity contribution in [2.45, 2.75) is 207 Å². The summed E-state index contributed by atoms with van der Waals surface area (Å²) in [6, 6.07) is 10.4. The van der Waals surface area contributed by atoms with E-state index in [9.17, 15) is 48.4 Å². The maximum atomic E-state index is 17.3. The minimum absolute atomic E-state index is 0.00346. The van der Waals surface area contributed by atoms with Crippen molar-refractivity contribution >= 4 is 77.9 Å². The molecule has 2 aliphatic heterocycles. The van der Waals surface area contributed by atoms with E-state index in [1.54, 1.807) is 126 Å². The van der Waals surface area contributed by atoms with Gasteiger partial charge in [0.2, 0.25) is 17.7 Å². The Hall–Kier alpha value is -7.71. The normalized spacial score (nSPS) is 16.9. The zero-order valence-electron chi connectivity index (χ0n) is 62.4. The summed E-state index contributed by atoms with van der Waals surface area (Å²) in [6.45, 7) is 33.7. The Morgan fingerprint density at radius 1 is 0.630 bits per heavy atom. The van der Waals surface area contributed by atoms with Gasteiger partial charge in [0.1, 0.15) is 58.3 Å². The van der Waals surface area contributed by atoms with Crippen LogP contribution in [-0.4, -0.2) is 242 Å². The first-order chi connectivity index (χ1) is 46.3. The van der Waals surface area contributed by atoms with Crippen molar-refractivity contribution < 1.29 is 70.9 Å². The third-order valence-corrected chi connectivity index (χ3v) is 21.8. The van der Waals surface area contributed by atoms with Gasteiger partial charge in [0, 0.05) is 89.4 Å². The van der Waals surface area contributed by atoms with Gasteiger partial charge in [-0.3, -0.25) is 62.8 Å². The number of benzene rings is 2. The molecular formula is C72H111FN12O14Si. The summed E-state index contributed by atoms with van der Waals surface area (Å²) in [5.41, 5.74) is -2.70. The van der Waals surface area contributed by atoms with Gasteiger partial charge in [-0.05, 0) is 154 Å². The van der Waals surface area contributed by atoms with E-state index in [4.69, 9.17) is 23.7 Å². The van der Waals surface area contributed by atoms with E-state index < -0.39 is 107 Å². The predicted molar refractivity (Wildman–Crippen MR) is 379 cm³/mol. The summed E-state index contributed by atoms with van der Waals surface area (Å²) in [5, 5.41) is 20.0. The molecule has 3 atom stereocenters. The second kappa shape index (κ2) is 35.7. The van der Waals surface area contributed by atoms with Crippen molar-refractivity contribution in [3.63, 3.8) is 0 Å². The molecule has 4 N–H and O–H groups in total. The lowest BCUT2D eigenvalue weighted by Gasteiger charge is -2.44. The van der Waals surface area contributed by atoms with E-state index in [1.807, 2.05) is 61.1 Å². The van der Waals surface area contributed by atoms with Crippen LogP contribution in [0.2, 0.25) is 10.1 Å². The summed E-state index contributed by atoms with van der Waals surface area (Å²) in [7, 11) is -3.69. The Morgan fingerprint density at radius 3 is 1.63 bits per heavy atom. The van der Waals surface area contributed by atoms with Crippen molar-refractivity contribution in [1.82, 2.24) is 55.7 Å². The number of halogens is 1. The van der Waals surface area contributed by atoms with Crippen LogP contribution in [0, 0.1) is 11.3 Å². The predicted octanol–water partition coefficient (Wildman–Crippen LogP) is 6.13. The van der Waals surface area contributed by atoms with Crippen LogP contribution in [0.15, 0.2) is 48.8 Å². The number of hydrogen-bond acceptors (Lipinski definition) is 21. The fourth-order valence-corrected chi connectivity index (χ4v) is 16.8. The van der Waals surface area contributed by atoms with Gasteiger partial charge in [0.25, 0.3) is 20.2 Å². The third-order valence-electron chi connectivity index (χ3n) is 16.5. The van der Waals surface area contributed by atoms with Gasteiger partial charge < -0.3 is 54.0 Å². The van der Waals surface area contributed by atoms with Crippen LogP contribution >= 0.6 is 0 Å². The zero-order valence-corrected chi connectivity index (χ0v) is 63.4. The molecule has 5 amide bonds. The maximum absolute atomic E-state index is 17.3. The smallest absolute Gasteiger partial charge is 0.323 e. The second-order valence-electron chi connectivity index (χ2n) is 31.7. The molecule has 26 nitrogen and oxygen atoms in total. The molecule has 0 radical (unpaired) electrons. The average Bonchev–Trinajstić information content (AvgIpc) is 0.767. The lowest BCUT2D eigenvalue weighted by Crippen LogP contribution is -2.57. The second-order valence-corrected chi connectivity index (χ2v) is 36.6. The van der Waals surface area contributed by atoms with Gasteiger partial charge in [-0.2, -0.15) is 5.26 Å². The topological polar surface area (TPSA) is 314 Å². The number of carbonyl (C=O) groups is 9. The Bertz CT molecular complexity index is 3300. The Labute approximate surface area is 591 Å². The largest absolute Gasteiger partial charge is 0.494 e. The molecule has 2 aromatic carbocycles. The number of nitrogens with zero attached hydrogens (tertiary/aromatic N) is 8. The average molecular weight is 1420 g/mol.